The molecule has 0 spiro atoms. The summed E-state index contributed by atoms with van der Waals surface area (Å²) in [6.45, 7) is 2.67. The third kappa shape index (κ3) is 5.01. The van der Waals surface area contributed by atoms with Gasteiger partial charge in [-0.3, -0.25) is 9.69 Å². The summed E-state index contributed by atoms with van der Waals surface area (Å²) in [4.78, 5) is 13.9. The van der Waals surface area contributed by atoms with Crippen LogP contribution < -0.4 is 0 Å². The number of likely N-dealkylation sites (N-methyl/N-ethyl adjacent to an activating group) is 1. The summed E-state index contributed by atoms with van der Waals surface area (Å²) in [5, 5.41) is 9.18. The third-order valence-corrected chi connectivity index (χ3v) is 3.27. The second-order valence-electron chi connectivity index (χ2n) is 5.23. The highest BCUT2D eigenvalue weighted by atomic mass is 16.5. The number of phenolic OH excluding ortho intramolecular Hbond substituents is 1. The van der Waals surface area contributed by atoms with Gasteiger partial charge >= 0.3 is 0 Å². The summed E-state index contributed by atoms with van der Waals surface area (Å²) >= 11 is 0. The average Bonchev–Trinajstić information content (AvgIpc) is 3.19. The smallest absolute Gasteiger partial charge is 0.176 e. The van der Waals surface area contributed by atoms with Crippen LogP contribution in [0.3, 0.4) is 0 Å². The Hall–Kier alpha value is -1.39. The van der Waals surface area contributed by atoms with E-state index in [1.807, 2.05) is 11.9 Å². The molecule has 0 bridgehead atoms. The van der Waals surface area contributed by atoms with Gasteiger partial charge in [-0.1, -0.05) is 0 Å². The maximum absolute atomic E-state index is 12.0. The molecule has 0 unspecified atom stereocenters. The van der Waals surface area contributed by atoms with E-state index in [1.165, 1.54) is 25.0 Å². The van der Waals surface area contributed by atoms with Gasteiger partial charge in [0.05, 0.1) is 13.2 Å². The molecule has 0 amide bonds. The highest BCUT2D eigenvalue weighted by Gasteiger charge is 2.21. The first-order valence-electron chi connectivity index (χ1n) is 6.73. The van der Waals surface area contributed by atoms with Gasteiger partial charge in [-0.25, -0.2) is 0 Å². The summed E-state index contributed by atoms with van der Waals surface area (Å²) in [5.74, 6) is 1.02. The Balaban J connectivity index is 1.66. The maximum atomic E-state index is 12.0. The van der Waals surface area contributed by atoms with Gasteiger partial charge in [-0.15, -0.1) is 0 Å². The van der Waals surface area contributed by atoms with Gasteiger partial charge in [0.15, 0.2) is 5.78 Å². The molecule has 0 heterocycles. The normalized spacial score (nSPS) is 14.8. The zero-order chi connectivity index (χ0) is 13.7. The molecular weight excluding hydrogens is 242 g/mol. The lowest BCUT2D eigenvalue weighted by Gasteiger charge is -2.15. The van der Waals surface area contributed by atoms with Gasteiger partial charge < -0.3 is 9.84 Å². The highest BCUT2D eigenvalue weighted by molar-refractivity contribution is 5.97. The van der Waals surface area contributed by atoms with E-state index in [-0.39, 0.29) is 11.5 Å². The molecule has 0 aliphatic heterocycles. The predicted octanol–water partition coefficient (Wildman–Crippen LogP) is 1.93. The van der Waals surface area contributed by atoms with Crippen LogP contribution in [0.15, 0.2) is 24.3 Å². The molecule has 1 aliphatic rings. The quantitative estimate of drug-likeness (QED) is 0.575. The Morgan fingerprint density at radius 3 is 2.68 bits per heavy atom. The van der Waals surface area contributed by atoms with Crippen LogP contribution in [0.25, 0.3) is 0 Å². The zero-order valence-corrected chi connectivity index (χ0v) is 11.3. The number of ketones is 1. The monoisotopic (exact) mass is 263 g/mol. The third-order valence-electron chi connectivity index (χ3n) is 3.27. The van der Waals surface area contributed by atoms with Crippen molar-refractivity contribution < 1.29 is 14.6 Å². The van der Waals surface area contributed by atoms with E-state index in [4.69, 9.17) is 4.74 Å². The molecule has 1 N–H and O–H groups in total. The van der Waals surface area contributed by atoms with E-state index in [0.29, 0.717) is 18.7 Å². The fraction of sp³-hybridized carbons (Fsp3) is 0.533. The van der Waals surface area contributed by atoms with Crippen LogP contribution in [-0.4, -0.2) is 49.1 Å². The molecule has 0 saturated heterocycles. The van der Waals surface area contributed by atoms with E-state index in [9.17, 15) is 9.90 Å². The Bertz CT molecular complexity index is 412. The van der Waals surface area contributed by atoms with E-state index >= 15 is 0 Å². The van der Waals surface area contributed by atoms with Crippen molar-refractivity contribution in [2.24, 2.45) is 5.92 Å². The Labute approximate surface area is 114 Å². The number of nitrogens with zero attached hydrogens (tertiary/aromatic N) is 1. The van der Waals surface area contributed by atoms with Crippen LogP contribution in [0.2, 0.25) is 0 Å². The Morgan fingerprint density at radius 2 is 2.05 bits per heavy atom. The van der Waals surface area contributed by atoms with Crippen molar-refractivity contribution in [1.29, 1.82) is 0 Å². The first kappa shape index (κ1) is 14.0. The van der Waals surface area contributed by atoms with Crippen molar-refractivity contribution in [2.75, 3.05) is 33.4 Å². The molecular formula is C15H21NO3. The molecule has 4 heteroatoms. The molecule has 0 radical (unpaired) electrons. The molecule has 1 fully saturated rings. The van der Waals surface area contributed by atoms with Crippen LogP contribution in [-0.2, 0) is 4.74 Å². The fourth-order valence-electron chi connectivity index (χ4n) is 1.82. The minimum absolute atomic E-state index is 0.0599. The van der Waals surface area contributed by atoms with Crippen LogP contribution in [0.1, 0.15) is 23.2 Å². The molecule has 0 atom stereocenters. The van der Waals surface area contributed by atoms with Gasteiger partial charge in [0, 0.05) is 18.7 Å². The van der Waals surface area contributed by atoms with E-state index in [1.54, 1.807) is 12.1 Å². The summed E-state index contributed by atoms with van der Waals surface area (Å²) in [6.07, 6.45) is 2.60. The number of benzene rings is 1. The lowest BCUT2D eigenvalue weighted by Crippen LogP contribution is -2.29. The standard InChI is InChI=1S/C15H21NO3/c1-16(8-9-19-11-12-2-3-12)10-15(18)13-4-6-14(17)7-5-13/h4-7,12,17H,2-3,8-11H2,1H3. The van der Waals surface area contributed by atoms with Crippen molar-refractivity contribution >= 4 is 5.78 Å². The largest absolute Gasteiger partial charge is 0.508 e. The van der Waals surface area contributed by atoms with Crippen molar-refractivity contribution in [3.8, 4) is 5.75 Å². The average molecular weight is 263 g/mol. The first-order chi connectivity index (χ1) is 9.15. The Morgan fingerprint density at radius 1 is 1.37 bits per heavy atom. The number of hydrogen-bond donors (Lipinski definition) is 1. The first-order valence-corrected chi connectivity index (χ1v) is 6.73. The van der Waals surface area contributed by atoms with Gasteiger partial charge in [0.25, 0.3) is 0 Å². The number of Topliss-reactive ketones (excluding diaryl/α,β-unsaturated/α-hetero) is 1. The van der Waals surface area contributed by atoms with Gasteiger partial charge in [0.1, 0.15) is 5.75 Å². The van der Waals surface area contributed by atoms with Crippen LogP contribution >= 0.6 is 0 Å². The minimum Gasteiger partial charge on any atom is -0.508 e. The molecule has 1 saturated carbocycles. The van der Waals surface area contributed by atoms with Gasteiger partial charge in [-0.2, -0.15) is 0 Å². The number of aromatic hydroxyl groups is 1. The number of ether oxygens (including phenoxy) is 1. The van der Waals surface area contributed by atoms with Crippen LogP contribution in [0.5, 0.6) is 5.75 Å². The minimum atomic E-state index is 0.0599. The van der Waals surface area contributed by atoms with Crippen molar-refractivity contribution in [3.63, 3.8) is 0 Å². The summed E-state index contributed by atoms with van der Waals surface area (Å²) in [5.41, 5.74) is 0.628. The summed E-state index contributed by atoms with van der Waals surface area (Å²) in [6, 6.07) is 6.36. The second kappa shape index (κ2) is 6.68. The lowest BCUT2D eigenvalue weighted by molar-refractivity contribution is 0.0861. The van der Waals surface area contributed by atoms with Crippen molar-refractivity contribution in [2.45, 2.75) is 12.8 Å². The van der Waals surface area contributed by atoms with Crippen molar-refractivity contribution in [3.05, 3.63) is 29.8 Å². The number of hydrogen-bond acceptors (Lipinski definition) is 4. The number of rotatable bonds is 8. The van der Waals surface area contributed by atoms with E-state index < -0.39 is 0 Å². The SMILES string of the molecule is CN(CCOCC1CC1)CC(=O)c1ccc(O)cc1. The number of phenols is 1. The van der Waals surface area contributed by atoms with Crippen molar-refractivity contribution in [1.82, 2.24) is 4.90 Å². The molecule has 1 aliphatic carbocycles. The molecule has 104 valence electrons. The topological polar surface area (TPSA) is 49.8 Å². The second-order valence-corrected chi connectivity index (χ2v) is 5.23. The highest BCUT2D eigenvalue weighted by Crippen LogP contribution is 2.28. The molecule has 19 heavy (non-hydrogen) atoms. The molecule has 4 nitrogen and oxygen atoms in total. The summed E-state index contributed by atoms with van der Waals surface area (Å²) < 4.78 is 5.55. The van der Waals surface area contributed by atoms with Gasteiger partial charge in [0.2, 0.25) is 0 Å². The fourth-order valence-corrected chi connectivity index (χ4v) is 1.82. The lowest BCUT2D eigenvalue weighted by atomic mass is 10.1. The van der Waals surface area contributed by atoms with E-state index in [0.717, 1.165) is 19.1 Å². The van der Waals surface area contributed by atoms with E-state index in [2.05, 4.69) is 0 Å². The molecule has 0 aromatic heterocycles. The van der Waals surface area contributed by atoms with Crippen LogP contribution in [0.4, 0.5) is 0 Å². The molecule has 2 rings (SSSR count). The number of carbonyl (C=O) groups excluding carboxylic acids is 1. The maximum Gasteiger partial charge on any atom is 0.176 e. The zero-order valence-electron chi connectivity index (χ0n) is 11.3. The molecule has 1 aromatic rings. The Kier molecular flexibility index (Phi) is 4.93. The van der Waals surface area contributed by atoms with Crippen LogP contribution in [0, 0.1) is 5.92 Å². The number of carbonyl (C=O) groups is 1. The molecule has 1 aromatic carbocycles. The summed E-state index contributed by atoms with van der Waals surface area (Å²) in [7, 11) is 1.92. The predicted molar refractivity (Wildman–Crippen MR) is 73.5 cm³/mol. The van der Waals surface area contributed by atoms with Gasteiger partial charge in [-0.05, 0) is 50.1 Å².